The Labute approximate surface area is 193 Å². The first-order valence-electron chi connectivity index (χ1n) is 11.2. The second-order valence-corrected chi connectivity index (χ2v) is 8.41. The predicted molar refractivity (Wildman–Crippen MR) is 134 cm³/mol. The van der Waals surface area contributed by atoms with Gasteiger partial charge in [0.2, 0.25) is 0 Å². The van der Waals surface area contributed by atoms with Crippen LogP contribution >= 0.6 is 0 Å². The van der Waals surface area contributed by atoms with Crippen molar-refractivity contribution in [1.82, 2.24) is 14.9 Å². The molecule has 0 unspecified atom stereocenters. The van der Waals surface area contributed by atoms with Crippen LogP contribution in [-0.4, -0.2) is 35.9 Å². The minimum Gasteiger partial charge on any atom is -0.398 e. The van der Waals surface area contributed by atoms with E-state index in [1.807, 2.05) is 48.7 Å². The summed E-state index contributed by atoms with van der Waals surface area (Å²) in [5, 5.41) is 13.9. The van der Waals surface area contributed by atoms with E-state index >= 15 is 0 Å². The van der Waals surface area contributed by atoms with Crippen molar-refractivity contribution in [2.75, 3.05) is 25.9 Å². The average Bonchev–Trinajstić information content (AvgIpc) is 3.30. The number of aromatic nitrogens is 2. The van der Waals surface area contributed by atoms with Gasteiger partial charge in [0.15, 0.2) is 0 Å². The molecule has 0 atom stereocenters. The van der Waals surface area contributed by atoms with Crippen LogP contribution in [0, 0.1) is 11.3 Å². The summed E-state index contributed by atoms with van der Waals surface area (Å²) in [6.45, 7) is 2.07. The Bertz CT molecular complexity index is 1370. The van der Waals surface area contributed by atoms with Crippen molar-refractivity contribution in [3.63, 3.8) is 0 Å². The smallest absolute Gasteiger partial charge is 0.0991 e. The second kappa shape index (κ2) is 8.89. The molecule has 5 rings (SSSR count). The van der Waals surface area contributed by atoms with E-state index in [0.717, 1.165) is 64.8 Å². The summed E-state index contributed by atoms with van der Waals surface area (Å²) < 4.78 is 2.37. The van der Waals surface area contributed by atoms with E-state index < -0.39 is 0 Å². The number of nitriles is 1. The Hall–Kier alpha value is -3.95. The fourth-order valence-corrected chi connectivity index (χ4v) is 4.72. The molecule has 0 amide bonds. The number of piperidine rings is 1. The SMILES string of the molecule is CN=Cc1cc(-c2ncc3c(ccn3C3CCNCC3)c2-c2ccc(C#N)cc2)ccc1N. The summed E-state index contributed by atoms with van der Waals surface area (Å²) in [5.74, 6) is 0. The van der Waals surface area contributed by atoms with Gasteiger partial charge in [-0.15, -0.1) is 0 Å². The number of fused-ring (bicyclic) bond motifs is 1. The van der Waals surface area contributed by atoms with Gasteiger partial charge >= 0.3 is 0 Å². The highest BCUT2D eigenvalue weighted by atomic mass is 15.0. The third-order valence-electron chi connectivity index (χ3n) is 6.41. The quantitative estimate of drug-likeness (QED) is 0.357. The molecule has 0 aliphatic carbocycles. The van der Waals surface area contributed by atoms with Gasteiger partial charge in [-0.3, -0.25) is 9.98 Å². The Kier molecular flexibility index (Phi) is 5.64. The van der Waals surface area contributed by atoms with Crippen LogP contribution in [0.2, 0.25) is 0 Å². The second-order valence-electron chi connectivity index (χ2n) is 8.41. The molecule has 3 heterocycles. The van der Waals surface area contributed by atoms with Crippen molar-refractivity contribution in [2.45, 2.75) is 18.9 Å². The zero-order valence-electron chi connectivity index (χ0n) is 18.6. The molecule has 2 aromatic carbocycles. The van der Waals surface area contributed by atoms with Crippen molar-refractivity contribution in [2.24, 2.45) is 4.99 Å². The first kappa shape index (κ1) is 20.9. The van der Waals surface area contributed by atoms with Gasteiger partial charge < -0.3 is 15.6 Å². The molecule has 4 aromatic rings. The molecule has 6 nitrogen and oxygen atoms in total. The standard InChI is InChI=1S/C27H26N6/c1-30-16-21-14-20(6-7-24(21)29)27-26(19-4-2-18(15-28)3-5-19)23-10-13-33(25(23)17-32-27)22-8-11-31-12-9-22/h2-7,10,13-14,16-17,22,31H,8-9,11-12,29H2,1H3. The molecule has 0 radical (unpaired) electrons. The van der Waals surface area contributed by atoms with Crippen molar-refractivity contribution < 1.29 is 0 Å². The van der Waals surface area contributed by atoms with Crippen LogP contribution < -0.4 is 11.1 Å². The lowest BCUT2D eigenvalue weighted by molar-refractivity contribution is 0.376. The minimum absolute atomic E-state index is 0.467. The monoisotopic (exact) mass is 434 g/mol. The largest absolute Gasteiger partial charge is 0.398 e. The highest BCUT2D eigenvalue weighted by molar-refractivity contribution is 6.02. The maximum Gasteiger partial charge on any atom is 0.0991 e. The molecule has 33 heavy (non-hydrogen) atoms. The number of hydrogen-bond donors (Lipinski definition) is 2. The number of anilines is 1. The van der Waals surface area contributed by atoms with Crippen LogP contribution in [0.15, 0.2) is 65.9 Å². The van der Waals surface area contributed by atoms with Gasteiger partial charge in [0, 0.05) is 53.3 Å². The van der Waals surface area contributed by atoms with Crippen molar-refractivity contribution in [3.05, 3.63) is 72.1 Å². The molecule has 1 fully saturated rings. The maximum absolute atomic E-state index is 9.26. The third kappa shape index (κ3) is 3.88. The van der Waals surface area contributed by atoms with Gasteiger partial charge in [-0.05, 0) is 61.8 Å². The van der Waals surface area contributed by atoms with Gasteiger partial charge in [-0.1, -0.05) is 18.2 Å². The van der Waals surface area contributed by atoms with Crippen LogP contribution in [0.4, 0.5) is 5.69 Å². The molecule has 1 aliphatic rings. The lowest BCUT2D eigenvalue weighted by Crippen LogP contribution is -2.29. The fraction of sp³-hybridized carbons (Fsp3) is 0.222. The number of rotatable bonds is 4. The van der Waals surface area contributed by atoms with E-state index in [4.69, 9.17) is 10.7 Å². The molecule has 0 bridgehead atoms. The summed E-state index contributed by atoms with van der Waals surface area (Å²) in [5.41, 5.74) is 13.5. The van der Waals surface area contributed by atoms with Gasteiger partial charge in [0.1, 0.15) is 0 Å². The molecular formula is C27H26N6. The van der Waals surface area contributed by atoms with Gasteiger partial charge in [-0.2, -0.15) is 5.26 Å². The number of nitrogens with one attached hydrogen (secondary N) is 1. The van der Waals surface area contributed by atoms with Crippen LogP contribution in [0.25, 0.3) is 33.3 Å². The summed E-state index contributed by atoms with van der Waals surface area (Å²) >= 11 is 0. The molecule has 6 heteroatoms. The first-order chi connectivity index (χ1) is 16.2. The lowest BCUT2D eigenvalue weighted by Gasteiger charge is -2.25. The molecule has 0 spiro atoms. The normalized spacial score (nSPS) is 14.7. The molecule has 164 valence electrons. The maximum atomic E-state index is 9.26. The van der Waals surface area contributed by atoms with E-state index in [-0.39, 0.29) is 0 Å². The highest BCUT2D eigenvalue weighted by Crippen LogP contribution is 2.39. The number of pyridine rings is 1. The van der Waals surface area contributed by atoms with E-state index in [0.29, 0.717) is 17.3 Å². The van der Waals surface area contributed by atoms with E-state index in [1.165, 1.54) is 0 Å². The van der Waals surface area contributed by atoms with Crippen LogP contribution in [-0.2, 0) is 0 Å². The number of benzene rings is 2. The summed E-state index contributed by atoms with van der Waals surface area (Å²) in [7, 11) is 1.74. The molecule has 2 aromatic heterocycles. The Morgan fingerprint density at radius 1 is 1.12 bits per heavy atom. The van der Waals surface area contributed by atoms with Crippen molar-refractivity contribution in [3.8, 4) is 28.5 Å². The van der Waals surface area contributed by atoms with Crippen molar-refractivity contribution >= 4 is 22.8 Å². The Morgan fingerprint density at radius 2 is 1.88 bits per heavy atom. The molecule has 0 saturated carbocycles. The number of hydrogen-bond acceptors (Lipinski definition) is 5. The number of nitrogens with zero attached hydrogens (tertiary/aromatic N) is 4. The van der Waals surface area contributed by atoms with Crippen LogP contribution in [0.3, 0.4) is 0 Å². The minimum atomic E-state index is 0.467. The predicted octanol–water partition coefficient (Wildman–Crippen LogP) is 4.80. The first-order valence-corrected chi connectivity index (χ1v) is 11.2. The van der Waals surface area contributed by atoms with Gasteiger partial charge in [0.05, 0.1) is 29.0 Å². The third-order valence-corrected chi connectivity index (χ3v) is 6.41. The molecule has 1 aliphatic heterocycles. The lowest BCUT2D eigenvalue weighted by atomic mass is 9.94. The van der Waals surface area contributed by atoms with Crippen LogP contribution in [0.5, 0.6) is 0 Å². The van der Waals surface area contributed by atoms with Gasteiger partial charge in [0.25, 0.3) is 0 Å². The topological polar surface area (TPSA) is 92.0 Å². The van der Waals surface area contributed by atoms with Crippen molar-refractivity contribution in [1.29, 1.82) is 5.26 Å². The Balaban J connectivity index is 1.73. The van der Waals surface area contributed by atoms with E-state index in [1.54, 1.807) is 13.3 Å². The summed E-state index contributed by atoms with van der Waals surface area (Å²) in [6, 6.07) is 18.6. The van der Waals surface area contributed by atoms with E-state index in [9.17, 15) is 5.26 Å². The molecule has 1 saturated heterocycles. The number of aliphatic imine (C=N–C) groups is 1. The zero-order valence-corrected chi connectivity index (χ0v) is 18.6. The number of nitrogen functional groups attached to an aromatic ring is 1. The van der Waals surface area contributed by atoms with Gasteiger partial charge in [-0.25, -0.2) is 0 Å². The summed E-state index contributed by atoms with van der Waals surface area (Å²) in [6.07, 6.45) is 8.17. The Morgan fingerprint density at radius 3 is 2.61 bits per heavy atom. The highest BCUT2D eigenvalue weighted by Gasteiger charge is 2.20. The molecule has 3 N–H and O–H groups in total. The van der Waals surface area contributed by atoms with E-state index in [2.05, 4.69) is 33.2 Å². The average molecular weight is 435 g/mol. The van der Waals surface area contributed by atoms with Crippen LogP contribution in [0.1, 0.15) is 30.0 Å². The zero-order chi connectivity index (χ0) is 22.8. The fourth-order valence-electron chi connectivity index (χ4n) is 4.72. The number of nitrogens with two attached hydrogens (primary N) is 1. The summed E-state index contributed by atoms with van der Waals surface area (Å²) in [4.78, 5) is 9.11. The molecular weight excluding hydrogens is 408 g/mol.